The first-order chi connectivity index (χ1) is 8.09. The van der Waals surface area contributed by atoms with Crippen LogP contribution in [0.5, 0.6) is 0 Å². The monoisotopic (exact) mass is 273 g/mol. The van der Waals surface area contributed by atoms with E-state index in [1.807, 2.05) is 11.4 Å². The lowest BCUT2D eigenvalue weighted by Gasteiger charge is -2.32. The lowest BCUT2D eigenvalue weighted by Crippen LogP contribution is -2.45. The minimum Gasteiger partial charge on any atom is -0.322 e. The van der Waals surface area contributed by atoms with Crippen molar-refractivity contribution in [2.24, 2.45) is 5.73 Å². The summed E-state index contributed by atoms with van der Waals surface area (Å²) in [6.07, 6.45) is 1.20. The Balaban J connectivity index is 2.16. The predicted molar refractivity (Wildman–Crippen MR) is 74.8 cm³/mol. The summed E-state index contributed by atoms with van der Waals surface area (Å²) in [7, 11) is 4.32. The molecule has 1 aromatic rings. The number of hydrogen-bond acceptors (Lipinski definition) is 4. The third kappa shape index (κ3) is 3.01. The third-order valence-corrected chi connectivity index (χ3v) is 4.94. The van der Waals surface area contributed by atoms with Gasteiger partial charge in [-0.1, -0.05) is 11.6 Å². The fourth-order valence-electron chi connectivity index (χ4n) is 2.41. The molecule has 17 heavy (non-hydrogen) atoms. The molecule has 0 aliphatic carbocycles. The first-order valence-corrected chi connectivity index (χ1v) is 7.22. The van der Waals surface area contributed by atoms with Crippen molar-refractivity contribution in [3.05, 3.63) is 21.3 Å². The van der Waals surface area contributed by atoms with Crippen LogP contribution in [0.3, 0.4) is 0 Å². The summed E-state index contributed by atoms with van der Waals surface area (Å²) in [5.74, 6) is 0. The molecule has 1 aromatic heterocycles. The number of nitrogens with zero attached hydrogens (tertiary/aromatic N) is 2. The van der Waals surface area contributed by atoms with Crippen LogP contribution in [0.4, 0.5) is 0 Å². The fourth-order valence-corrected chi connectivity index (χ4v) is 3.65. The van der Waals surface area contributed by atoms with Crippen molar-refractivity contribution in [3.63, 3.8) is 0 Å². The Labute approximate surface area is 112 Å². The average Bonchev–Trinajstić information content (AvgIpc) is 2.63. The first kappa shape index (κ1) is 13.3. The number of thiophene rings is 1. The minimum absolute atomic E-state index is 0.00745. The molecular weight excluding hydrogens is 254 g/mol. The Morgan fingerprint density at radius 2 is 2.24 bits per heavy atom. The molecule has 2 atom stereocenters. The van der Waals surface area contributed by atoms with E-state index < -0.39 is 0 Å². The van der Waals surface area contributed by atoms with Gasteiger partial charge in [0.1, 0.15) is 0 Å². The van der Waals surface area contributed by atoms with Crippen LogP contribution in [0.15, 0.2) is 11.4 Å². The van der Waals surface area contributed by atoms with Gasteiger partial charge in [-0.3, -0.25) is 0 Å². The summed E-state index contributed by atoms with van der Waals surface area (Å²) in [6, 6.07) is 2.29. The Kier molecular flexibility index (Phi) is 4.44. The fraction of sp³-hybridized carbons (Fsp3) is 0.667. The molecule has 0 spiro atoms. The lowest BCUT2D eigenvalue weighted by atomic mass is 10.1. The van der Waals surface area contributed by atoms with E-state index in [4.69, 9.17) is 17.3 Å². The highest BCUT2D eigenvalue weighted by Crippen LogP contribution is 2.31. The van der Waals surface area contributed by atoms with E-state index in [1.165, 1.54) is 6.42 Å². The van der Waals surface area contributed by atoms with Gasteiger partial charge >= 0.3 is 0 Å². The summed E-state index contributed by atoms with van der Waals surface area (Å²) < 4.78 is 0. The second-order valence-electron chi connectivity index (χ2n) is 4.82. The molecule has 2 heterocycles. The molecule has 2 N–H and O–H groups in total. The van der Waals surface area contributed by atoms with E-state index in [2.05, 4.69) is 23.9 Å². The van der Waals surface area contributed by atoms with Crippen molar-refractivity contribution in [2.45, 2.75) is 18.5 Å². The van der Waals surface area contributed by atoms with Crippen LogP contribution >= 0.6 is 22.9 Å². The van der Waals surface area contributed by atoms with Gasteiger partial charge in [-0.25, -0.2) is 0 Å². The van der Waals surface area contributed by atoms with Crippen molar-refractivity contribution in [2.75, 3.05) is 33.7 Å². The summed E-state index contributed by atoms with van der Waals surface area (Å²) in [4.78, 5) is 5.83. The molecule has 0 amide bonds. The SMILES string of the molecule is CN1CCCN(C)C(C(N)c2sccc2Cl)C1. The molecule has 2 unspecified atom stereocenters. The molecule has 96 valence electrons. The van der Waals surface area contributed by atoms with Crippen molar-refractivity contribution >= 4 is 22.9 Å². The quantitative estimate of drug-likeness (QED) is 0.895. The van der Waals surface area contributed by atoms with E-state index in [0.717, 1.165) is 29.5 Å². The zero-order valence-corrected chi connectivity index (χ0v) is 12.0. The Morgan fingerprint density at radius 1 is 1.47 bits per heavy atom. The highest BCUT2D eigenvalue weighted by molar-refractivity contribution is 7.10. The topological polar surface area (TPSA) is 32.5 Å². The molecule has 5 heteroatoms. The van der Waals surface area contributed by atoms with Crippen molar-refractivity contribution in [1.29, 1.82) is 0 Å². The second kappa shape index (κ2) is 5.67. The molecule has 1 aliphatic rings. The molecule has 1 aliphatic heterocycles. The first-order valence-electron chi connectivity index (χ1n) is 5.97. The number of rotatable bonds is 2. The molecule has 2 rings (SSSR count). The minimum atomic E-state index is 0.00745. The van der Waals surface area contributed by atoms with Crippen LogP contribution in [-0.2, 0) is 0 Å². The van der Waals surface area contributed by atoms with Crippen LogP contribution < -0.4 is 5.73 Å². The Bertz CT molecular complexity index is 368. The zero-order chi connectivity index (χ0) is 12.4. The summed E-state index contributed by atoms with van der Waals surface area (Å²) in [6.45, 7) is 3.25. The molecule has 0 radical (unpaired) electrons. The average molecular weight is 274 g/mol. The largest absolute Gasteiger partial charge is 0.322 e. The van der Waals surface area contributed by atoms with Gasteiger partial charge in [-0.2, -0.15) is 0 Å². The summed E-state index contributed by atoms with van der Waals surface area (Å²) in [5.41, 5.74) is 6.39. The Morgan fingerprint density at radius 3 is 2.88 bits per heavy atom. The van der Waals surface area contributed by atoms with Crippen molar-refractivity contribution in [1.82, 2.24) is 9.80 Å². The van der Waals surface area contributed by atoms with Gasteiger partial charge in [0.15, 0.2) is 0 Å². The van der Waals surface area contributed by atoms with Crippen molar-refractivity contribution in [3.8, 4) is 0 Å². The summed E-state index contributed by atoms with van der Waals surface area (Å²) in [5, 5.41) is 2.82. The van der Waals surface area contributed by atoms with Gasteiger partial charge in [0.2, 0.25) is 0 Å². The van der Waals surface area contributed by atoms with E-state index in [-0.39, 0.29) is 6.04 Å². The highest BCUT2D eigenvalue weighted by atomic mass is 35.5. The molecule has 1 saturated heterocycles. The number of likely N-dealkylation sites (N-methyl/N-ethyl adjacent to an activating group) is 2. The van der Waals surface area contributed by atoms with Crippen molar-refractivity contribution < 1.29 is 0 Å². The van der Waals surface area contributed by atoms with Gasteiger partial charge in [0.05, 0.1) is 11.1 Å². The molecule has 0 bridgehead atoms. The maximum atomic E-state index is 6.39. The van der Waals surface area contributed by atoms with Gasteiger partial charge < -0.3 is 15.5 Å². The van der Waals surface area contributed by atoms with Gasteiger partial charge in [0, 0.05) is 17.5 Å². The van der Waals surface area contributed by atoms with Crippen LogP contribution in [-0.4, -0.2) is 49.6 Å². The number of halogens is 1. The van der Waals surface area contributed by atoms with Gasteiger partial charge in [-0.05, 0) is 45.1 Å². The molecule has 0 saturated carbocycles. The van der Waals surface area contributed by atoms with Gasteiger partial charge in [0.25, 0.3) is 0 Å². The predicted octanol–water partition coefficient (Wildman–Crippen LogP) is 2.04. The maximum Gasteiger partial charge on any atom is 0.0575 e. The van der Waals surface area contributed by atoms with E-state index in [0.29, 0.717) is 6.04 Å². The number of nitrogens with two attached hydrogens (primary N) is 1. The maximum absolute atomic E-state index is 6.39. The van der Waals surface area contributed by atoms with E-state index in [9.17, 15) is 0 Å². The molecular formula is C12H20ClN3S. The van der Waals surface area contributed by atoms with Crippen LogP contribution in [0.1, 0.15) is 17.3 Å². The smallest absolute Gasteiger partial charge is 0.0575 e. The Hall–Kier alpha value is -0.130. The second-order valence-corrected chi connectivity index (χ2v) is 6.18. The molecule has 3 nitrogen and oxygen atoms in total. The molecule has 0 aromatic carbocycles. The standard InChI is InChI=1S/C12H20ClN3S/c1-15-5-3-6-16(2)10(8-15)11(14)12-9(13)4-7-17-12/h4,7,10-11H,3,5-6,8,14H2,1-2H3. The van der Waals surface area contributed by atoms with Crippen LogP contribution in [0.2, 0.25) is 5.02 Å². The normalized spacial score (nSPS) is 25.8. The van der Waals surface area contributed by atoms with Crippen LogP contribution in [0.25, 0.3) is 0 Å². The van der Waals surface area contributed by atoms with E-state index in [1.54, 1.807) is 11.3 Å². The van der Waals surface area contributed by atoms with E-state index >= 15 is 0 Å². The van der Waals surface area contributed by atoms with Gasteiger partial charge in [-0.15, -0.1) is 11.3 Å². The van der Waals surface area contributed by atoms with Crippen LogP contribution in [0, 0.1) is 0 Å². The zero-order valence-electron chi connectivity index (χ0n) is 10.4. The number of hydrogen-bond donors (Lipinski definition) is 1. The highest BCUT2D eigenvalue weighted by Gasteiger charge is 2.28. The molecule has 1 fully saturated rings. The third-order valence-electron chi connectivity index (χ3n) is 3.48. The summed E-state index contributed by atoms with van der Waals surface area (Å²) >= 11 is 7.84. The lowest BCUT2D eigenvalue weighted by molar-refractivity contribution is 0.198.